The maximum absolute atomic E-state index is 11.9. The molecule has 1 heterocycles. The van der Waals surface area contributed by atoms with Crippen LogP contribution in [0.2, 0.25) is 0 Å². The first-order valence-electron chi connectivity index (χ1n) is 7.15. The van der Waals surface area contributed by atoms with Crippen molar-refractivity contribution in [2.45, 2.75) is 6.92 Å². The van der Waals surface area contributed by atoms with E-state index in [-0.39, 0.29) is 5.97 Å². The molecule has 4 nitrogen and oxygen atoms in total. The highest BCUT2D eigenvalue weighted by atomic mass is 16.5. The standard InChI is InChI=1S/C18H17NO3/c1-3-22-18(20)14-5-4-13-10-11-19(17(13)12-14)15-6-8-16(21-2)9-7-15/h4-12H,3H2,1-2H3. The summed E-state index contributed by atoms with van der Waals surface area (Å²) in [5.41, 5.74) is 2.54. The lowest BCUT2D eigenvalue weighted by atomic mass is 10.1. The van der Waals surface area contributed by atoms with Gasteiger partial charge in [-0.3, -0.25) is 0 Å². The lowest BCUT2D eigenvalue weighted by Crippen LogP contribution is -2.04. The lowest BCUT2D eigenvalue weighted by molar-refractivity contribution is 0.0526. The van der Waals surface area contributed by atoms with Crippen molar-refractivity contribution in [3.63, 3.8) is 0 Å². The molecule has 3 aromatic rings. The molecule has 0 N–H and O–H groups in total. The Morgan fingerprint density at radius 3 is 2.55 bits per heavy atom. The molecule has 0 radical (unpaired) electrons. The van der Waals surface area contributed by atoms with Crippen LogP contribution in [0.1, 0.15) is 17.3 Å². The van der Waals surface area contributed by atoms with Crippen LogP contribution in [-0.4, -0.2) is 24.3 Å². The van der Waals surface area contributed by atoms with Crippen LogP contribution in [0.15, 0.2) is 54.7 Å². The fraction of sp³-hybridized carbons (Fsp3) is 0.167. The third kappa shape index (κ3) is 2.55. The molecule has 0 aliphatic carbocycles. The van der Waals surface area contributed by atoms with Gasteiger partial charge in [-0.25, -0.2) is 4.79 Å². The molecular weight excluding hydrogens is 278 g/mol. The average Bonchev–Trinajstić information content (AvgIpc) is 2.98. The molecule has 0 unspecified atom stereocenters. The molecule has 112 valence electrons. The molecule has 0 bridgehead atoms. The topological polar surface area (TPSA) is 40.5 Å². The van der Waals surface area contributed by atoms with Gasteiger partial charge in [-0.1, -0.05) is 6.07 Å². The van der Waals surface area contributed by atoms with Gasteiger partial charge >= 0.3 is 5.97 Å². The molecule has 2 aromatic carbocycles. The molecule has 0 saturated carbocycles. The van der Waals surface area contributed by atoms with E-state index < -0.39 is 0 Å². The molecule has 4 heteroatoms. The van der Waals surface area contributed by atoms with Crippen LogP contribution >= 0.6 is 0 Å². The van der Waals surface area contributed by atoms with Gasteiger partial charge in [-0.05, 0) is 54.8 Å². The minimum absolute atomic E-state index is 0.299. The maximum atomic E-state index is 11.9. The van der Waals surface area contributed by atoms with Crippen molar-refractivity contribution in [1.82, 2.24) is 4.57 Å². The highest BCUT2D eigenvalue weighted by Gasteiger charge is 2.10. The summed E-state index contributed by atoms with van der Waals surface area (Å²) in [6.45, 7) is 2.17. The van der Waals surface area contributed by atoms with Crippen molar-refractivity contribution in [1.29, 1.82) is 0 Å². The molecule has 0 fully saturated rings. The van der Waals surface area contributed by atoms with Crippen LogP contribution in [0.4, 0.5) is 0 Å². The van der Waals surface area contributed by atoms with Gasteiger partial charge in [0.1, 0.15) is 5.75 Å². The number of nitrogens with zero attached hydrogens (tertiary/aromatic N) is 1. The summed E-state index contributed by atoms with van der Waals surface area (Å²) >= 11 is 0. The summed E-state index contributed by atoms with van der Waals surface area (Å²) in [7, 11) is 1.64. The summed E-state index contributed by atoms with van der Waals surface area (Å²) in [5.74, 6) is 0.513. The van der Waals surface area contributed by atoms with E-state index in [4.69, 9.17) is 9.47 Å². The van der Waals surface area contributed by atoms with Gasteiger partial charge in [0.25, 0.3) is 0 Å². The largest absolute Gasteiger partial charge is 0.497 e. The average molecular weight is 295 g/mol. The Labute approximate surface area is 128 Å². The molecule has 0 atom stereocenters. The van der Waals surface area contributed by atoms with Crippen LogP contribution < -0.4 is 4.74 Å². The normalized spacial score (nSPS) is 10.6. The number of methoxy groups -OCH3 is 1. The molecule has 0 amide bonds. The van der Waals surface area contributed by atoms with Gasteiger partial charge in [-0.2, -0.15) is 0 Å². The number of rotatable bonds is 4. The fourth-order valence-electron chi connectivity index (χ4n) is 2.44. The zero-order valence-corrected chi connectivity index (χ0v) is 12.6. The van der Waals surface area contributed by atoms with Crippen LogP contribution in [0.3, 0.4) is 0 Å². The van der Waals surface area contributed by atoms with Crippen LogP contribution in [0, 0.1) is 0 Å². The Morgan fingerprint density at radius 1 is 1.09 bits per heavy atom. The summed E-state index contributed by atoms with van der Waals surface area (Å²) in [4.78, 5) is 11.9. The molecule has 1 aromatic heterocycles. The molecule has 22 heavy (non-hydrogen) atoms. The number of hydrogen-bond acceptors (Lipinski definition) is 3. The number of fused-ring (bicyclic) bond motifs is 1. The number of carbonyl (C=O) groups excluding carboxylic acids is 1. The number of carbonyl (C=O) groups is 1. The van der Waals surface area contributed by atoms with Gasteiger partial charge in [0.2, 0.25) is 0 Å². The van der Waals surface area contributed by atoms with Gasteiger partial charge < -0.3 is 14.0 Å². The second kappa shape index (κ2) is 5.93. The summed E-state index contributed by atoms with van der Waals surface area (Å²) in [5, 5.41) is 1.07. The molecule has 3 rings (SSSR count). The Morgan fingerprint density at radius 2 is 1.86 bits per heavy atom. The highest BCUT2D eigenvalue weighted by Crippen LogP contribution is 2.23. The van der Waals surface area contributed by atoms with Crippen molar-refractivity contribution in [2.24, 2.45) is 0 Å². The molecular formula is C18H17NO3. The van der Waals surface area contributed by atoms with Crippen molar-refractivity contribution >= 4 is 16.9 Å². The van der Waals surface area contributed by atoms with Gasteiger partial charge in [0, 0.05) is 11.9 Å². The third-order valence-electron chi connectivity index (χ3n) is 3.55. The lowest BCUT2D eigenvalue weighted by Gasteiger charge is -2.08. The Bertz CT molecular complexity index is 803. The maximum Gasteiger partial charge on any atom is 0.338 e. The van der Waals surface area contributed by atoms with Crippen LogP contribution in [0.5, 0.6) is 5.75 Å². The summed E-state index contributed by atoms with van der Waals surface area (Å²) < 4.78 is 12.3. The number of hydrogen-bond donors (Lipinski definition) is 0. The number of aromatic nitrogens is 1. The minimum Gasteiger partial charge on any atom is -0.497 e. The van der Waals surface area contributed by atoms with Crippen molar-refractivity contribution in [3.05, 3.63) is 60.3 Å². The van der Waals surface area contributed by atoms with E-state index in [0.717, 1.165) is 22.3 Å². The smallest absolute Gasteiger partial charge is 0.338 e. The summed E-state index contributed by atoms with van der Waals surface area (Å²) in [6.07, 6.45) is 1.99. The van der Waals surface area contributed by atoms with Crippen molar-refractivity contribution in [2.75, 3.05) is 13.7 Å². The van der Waals surface area contributed by atoms with Crippen LogP contribution in [0.25, 0.3) is 16.6 Å². The third-order valence-corrected chi connectivity index (χ3v) is 3.55. The molecule has 0 aliphatic heterocycles. The van der Waals surface area contributed by atoms with E-state index in [2.05, 4.69) is 0 Å². The van der Waals surface area contributed by atoms with Gasteiger partial charge in [0.15, 0.2) is 0 Å². The SMILES string of the molecule is CCOC(=O)c1ccc2ccn(-c3ccc(OC)cc3)c2c1. The minimum atomic E-state index is -0.299. The highest BCUT2D eigenvalue weighted by molar-refractivity contribution is 5.95. The first kappa shape index (κ1) is 14.2. The van der Waals surface area contributed by atoms with E-state index in [9.17, 15) is 4.79 Å². The number of esters is 1. The van der Waals surface area contributed by atoms with E-state index in [0.29, 0.717) is 12.2 Å². The monoisotopic (exact) mass is 295 g/mol. The van der Waals surface area contributed by atoms with Crippen molar-refractivity contribution in [3.8, 4) is 11.4 Å². The predicted octanol–water partition coefficient (Wildman–Crippen LogP) is 3.82. The quantitative estimate of drug-likeness (QED) is 0.687. The number of benzene rings is 2. The Hall–Kier alpha value is -2.75. The van der Waals surface area contributed by atoms with E-state index >= 15 is 0 Å². The Balaban J connectivity index is 2.05. The fourth-order valence-corrected chi connectivity index (χ4v) is 2.44. The molecule has 0 saturated heterocycles. The van der Waals surface area contributed by atoms with Gasteiger partial charge in [-0.15, -0.1) is 0 Å². The zero-order valence-electron chi connectivity index (χ0n) is 12.6. The first-order valence-corrected chi connectivity index (χ1v) is 7.15. The molecule has 0 aliphatic rings. The summed E-state index contributed by atoms with van der Waals surface area (Å²) in [6, 6.07) is 15.4. The Kier molecular flexibility index (Phi) is 3.83. The van der Waals surface area contributed by atoms with Crippen LogP contribution in [-0.2, 0) is 4.74 Å². The van der Waals surface area contributed by atoms with Gasteiger partial charge in [0.05, 0.1) is 24.8 Å². The number of ether oxygens (including phenoxy) is 2. The second-order valence-electron chi connectivity index (χ2n) is 4.88. The zero-order chi connectivity index (χ0) is 15.5. The van der Waals surface area contributed by atoms with Crippen molar-refractivity contribution < 1.29 is 14.3 Å². The first-order chi connectivity index (χ1) is 10.7. The van der Waals surface area contributed by atoms with E-state index in [1.807, 2.05) is 53.2 Å². The van der Waals surface area contributed by atoms with E-state index in [1.54, 1.807) is 20.1 Å². The predicted molar refractivity (Wildman–Crippen MR) is 85.8 cm³/mol. The second-order valence-corrected chi connectivity index (χ2v) is 4.88. The molecule has 0 spiro atoms. The van der Waals surface area contributed by atoms with E-state index in [1.165, 1.54) is 0 Å².